The number of hydrogen-bond acceptors (Lipinski definition) is 2. The van der Waals surface area contributed by atoms with Crippen molar-refractivity contribution < 1.29 is 0 Å². The summed E-state index contributed by atoms with van der Waals surface area (Å²) in [6, 6.07) is 4.02. The van der Waals surface area contributed by atoms with E-state index in [1.807, 2.05) is 36.0 Å². The first-order chi connectivity index (χ1) is 8.65. The molecule has 0 amide bonds. The van der Waals surface area contributed by atoms with Gasteiger partial charge in [0.1, 0.15) is 5.65 Å². The van der Waals surface area contributed by atoms with Crippen molar-refractivity contribution in [2.45, 2.75) is 19.8 Å². The molecule has 1 N–H and O–H groups in total. The summed E-state index contributed by atoms with van der Waals surface area (Å²) >= 11 is 0. The molecule has 3 nitrogen and oxygen atoms in total. The molecule has 18 heavy (non-hydrogen) atoms. The van der Waals surface area contributed by atoms with Crippen molar-refractivity contribution in [2.24, 2.45) is 0 Å². The first-order valence-electron chi connectivity index (χ1n) is 6.19. The average Bonchev–Trinajstić information content (AvgIpc) is 2.80. The van der Waals surface area contributed by atoms with Crippen molar-refractivity contribution in [3.63, 3.8) is 0 Å². The molecule has 0 fully saturated rings. The maximum absolute atomic E-state index is 4.57. The third-order valence-electron chi connectivity index (χ3n) is 3.02. The first kappa shape index (κ1) is 12.4. The van der Waals surface area contributed by atoms with Crippen LogP contribution in [0.5, 0.6) is 0 Å². The summed E-state index contributed by atoms with van der Waals surface area (Å²) in [5.41, 5.74) is 4.98. The van der Waals surface area contributed by atoms with E-state index >= 15 is 0 Å². The fourth-order valence-corrected chi connectivity index (χ4v) is 1.91. The van der Waals surface area contributed by atoms with Crippen LogP contribution in [0.15, 0.2) is 37.7 Å². The van der Waals surface area contributed by atoms with E-state index in [2.05, 4.69) is 30.4 Å². The van der Waals surface area contributed by atoms with Crippen LogP contribution in [0, 0.1) is 0 Å². The predicted molar refractivity (Wildman–Crippen MR) is 77.2 cm³/mol. The van der Waals surface area contributed by atoms with E-state index in [-0.39, 0.29) is 0 Å². The Balaban J connectivity index is 2.39. The van der Waals surface area contributed by atoms with Gasteiger partial charge in [0.2, 0.25) is 0 Å². The second kappa shape index (κ2) is 5.08. The van der Waals surface area contributed by atoms with Crippen molar-refractivity contribution in [1.29, 1.82) is 0 Å². The van der Waals surface area contributed by atoms with Gasteiger partial charge in [-0.05, 0) is 24.1 Å². The van der Waals surface area contributed by atoms with E-state index in [9.17, 15) is 0 Å². The third kappa shape index (κ3) is 2.30. The fourth-order valence-electron chi connectivity index (χ4n) is 1.91. The first-order valence-corrected chi connectivity index (χ1v) is 6.19. The smallest absolute Gasteiger partial charge is 0.137 e. The van der Waals surface area contributed by atoms with Crippen LogP contribution < -0.4 is 5.32 Å². The van der Waals surface area contributed by atoms with Gasteiger partial charge in [0.05, 0.1) is 5.69 Å². The molecule has 0 aliphatic carbocycles. The van der Waals surface area contributed by atoms with Crippen molar-refractivity contribution in [3.8, 4) is 0 Å². The molecule has 2 aromatic heterocycles. The highest BCUT2D eigenvalue weighted by molar-refractivity contribution is 5.65. The molecule has 2 heterocycles. The van der Waals surface area contributed by atoms with Crippen LogP contribution in [-0.2, 0) is 0 Å². The Morgan fingerprint density at radius 2 is 2.11 bits per heavy atom. The molecular weight excluding hydrogens is 222 g/mol. The minimum absolute atomic E-state index is 0.902. The molecule has 0 unspecified atom stereocenters. The highest BCUT2D eigenvalue weighted by Gasteiger charge is 2.06. The molecule has 2 aromatic rings. The number of nitrogens with zero attached hydrogens (tertiary/aromatic N) is 2. The van der Waals surface area contributed by atoms with E-state index in [0.717, 1.165) is 41.0 Å². The van der Waals surface area contributed by atoms with Crippen molar-refractivity contribution in [2.75, 3.05) is 7.05 Å². The highest BCUT2D eigenvalue weighted by Crippen LogP contribution is 2.19. The van der Waals surface area contributed by atoms with Crippen molar-refractivity contribution in [1.82, 2.24) is 14.7 Å². The molecule has 0 spiro atoms. The van der Waals surface area contributed by atoms with Gasteiger partial charge in [-0.2, -0.15) is 0 Å². The third-order valence-corrected chi connectivity index (χ3v) is 3.02. The summed E-state index contributed by atoms with van der Waals surface area (Å²) in [6.45, 7) is 10.2. The Morgan fingerprint density at radius 1 is 1.33 bits per heavy atom. The van der Waals surface area contributed by atoms with Gasteiger partial charge in [0.15, 0.2) is 0 Å². The number of allylic oxidation sites excluding steroid dienone is 1. The molecule has 0 atom stereocenters. The molecule has 0 saturated heterocycles. The maximum Gasteiger partial charge on any atom is 0.137 e. The lowest BCUT2D eigenvalue weighted by atomic mass is 10.1. The monoisotopic (exact) mass is 241 g/mol. The lowest BCUT2D eigenvalue weighted by molar-refractivity contribution is 0.970. The van der Waals surface area contributed by atoms with Crippen LogP contribution in [0.2, 0.25) is 0 Å². The second-order valence-electron chi connectivity index (χ2n) is 4.39. The largest absolute Gasteiger partial charge is 0.388 e. The second-order valence-corrected chi connectivity index (χ2v) is 4.39. The van der Waals surface area contributed by atoms with Gasteiger partial charge in [-0.3, -0.25) is 0 Å². The standard InChI is InChI=1S/C15H19N3/c1-5-6-11(2)14-10-18-9-13(12(3)16-4)7-8-15(18)17-14/h7-10,16H,2-3,5-6H2,1,4H3. The molecule has 0 aromatic carbocycles. The fraction of sp³-hybridized carbons (Fsp3) is 0.267. The van der Waals surface area contributed by atoms with E-state index in [1.54, 1.807) is 0 Å². The number of nitrogens with one attached hydrogen (secondary N) is 1. The molecule has 3 heteroatoms. The zero-order chi connectivity index (χ0) is 13.1. The zero-order valence-corrected chi connectivity index (χ0v) is 11.0. The van der Waals surface area contributed by atoms with Crippen LogP contribution >= 0.6 is 0 Å². The van der Waals surface area contributed by atoms with Crippen LogP contribution in [0.1, 0.15) is 31.0 Å². The lowest BCUT2D eigenvalue weighted by Gasteiger charge is -2.04. The van der Waals surface area contributed by atoms with Gasteiger partial charge in [-0.25, -0.2) is 4.98 Å². The van der Waals surface area contributed by atoms with Gasteiger partial charge in [0.25, 0.3) is 0 Å². The van der Waals surface area contributed by atoms with Gasteiger partial charge >= 0.3 is 0 Å². The number of rotatable bonds is 5. The van der Waals surface area contributed by atoms with Crippen LogP contribution in [0.25, 0.3) is 16.9 Å². The summed E-state index contributed by atoms with van der Waals surface area (Å²) < 4.78 is 2.02. The Bertz CT molecular complexity index is 593. The summed E-state index contributed by atoms with van der Waals surface area (Å²) in [5, 5.41) is 3.05. The van der Waals surface area contributed by atoms with E-state index in [4.69, 9.17) is 0 Å². The van der Waals surface area contributed by atoms with Gasteiger partial charge in [-0.1, -0.05) is 26.5 Å². The lowest BCUT2D eigenvalue weighted by Crippen LogP contribution is -2.03. The number of imidazole rings is 1. The quantitative estimate of drug-likeness (QED) is 0.870. The minimum atomic E-state index is 0.902. The minimum Gasteiger partial charge on any atom is -0.388 e. The number of aromatic nitrogens is 2. The molecule has 0 radical (unpaired) electrons. The summed E-state index contributed by atoms with van der Waals surface area (Å²) in [7, 11) is 1.87. The Hall–Kier alpha value is -2.03. The molecule has 0 aliphatic heterocycles. The normalized spacial score (nSPS) is 10.6. The Morgan fingerprint density at radius 3 is 2.78 bits per heavy atom. The topological polar surface area (TPSA) is 29.3 Å². The van der Waals surface area contributed by atoms with E-state index in [1.165, 1.54) is 0 Å². The SMILES string of the molecule is C=C(NC)c1ccc2nc(C(=C)CCC)cn2c1. The maximum atomic E-state index is 4.57. The van der Waals surface area contributed by atoms with Gasteiger partial charge in [-0.15, -0.1) is 0 Å². The highest BCUT2D eigenvalue weighted by atomic mass is 15.0. The van der Waals surface area contributed by atoms with Crippen LogP contribution in [0.4, 0.5) is 0 Å². The van der Waals surface area contributed by atoms with Crippen LogP contribution in [0.3, 0.4) is 0 Å². The van der Waals surface area contributed by atoms with Gasteiger partial charge < -0.3 is 9.72 Å². The predicted octanol–water partition coefficient (Wildman–Crippen LogP) is 3.34. The molecule has 0 aliphatic rings. The van der Waals surface area contributed by atoms with E-state index < -0.39 is 0 Å². The zero-order valence-electron chi connectivity index (χ0n) is 11.0. The van der Waals surface area contributed by atoms with Crippen LogP contribution in [-0.4, -0.2) is 16.4 Å². The number of fused-ring (bicyclic) bond motifs is 1. The summed E-state index contributed by atoms with van der Waals surface area (Å²) in [4.78, 5) is 4.57. The Kier molecular flexibility index (Phi) is 3.51. The molecule has 2 rings (SSSR count). The van der Waals surface area contributed by atoms with E-state index in [0.29, 0.717) is 0 Å². The van der Waals surface area contributed by atoms with Gasteiger partial charge in [0, 0.05) is 30.7 Å². The molecule has 0 bridgehead atoms. The summed E-state index contributed by atoms with van der Waals surface area (Å²) in [5.74, 6) is 0. The average molecular weight is 241 g/mol. The van der Waals surface area contributed by atoms with Crippen molar-refractivity contribution >= 4 is 16.9 Å². The molecule has 0 saturated carbocycles. The van der Waals surface area contributed by atoms with Crippen molar-refractivity contribution in [3.05, 3.63) is 48.9 Å². The number of pyridine rings is 1. The number of hydrogen-bond donors (Lipinski definition) is 1. The molecular formula is C15H19N3. The Labute approximate surface area is 108 Å². The molecule has 94 valence electrons. The summed E-state index contributed by atoms with van der Waals surface area (Å²) in [6.07, 6.45) is 6.14.